The van der Waals surface area contributed by atoms with Crippen LogP contribution in [0.1, 0.15) is 12.8 Å². The average molecular weight is 277 g/mol. The first kappa shape index (κ1) is 16.2. The summed E-state index contributed by atoms with van der Waals surface area (Å²) in [5, 5.41) is 2.76. The number of carbonyl (C=O) groups is 2. The van der Waals surface area contributed by atoms with E-state index in [1.54, 1.807) is 7.05 Å². The van der Waals surface area contributed by atoms with Crippen LogP contribution >= 0.6 is 0 Å². The van der Waals surface area contributed by atoms with E-state index in [-0.39, 0.29) is 18.2 Å². The van der Waals surface area contributed by atoms with Gasteiger partial charge in [-0.15, -0.1) is 0 Å². The van der Waals surface area contributed by atoms with Crippen molar-refractivity contribution in [2.45, 2.75) is 12.8 Å². The maximum atomic E-state index is 12.0. The van der Waals surface area contributed by atoms with Crippen LogP contribution in [0.4, 0.5) is 5.69 Å². The number of carbonyl (C=O) groups excluding carboxylic acids is 2. The third-order valence-electron chi connectivity index (χ3n) is 2.93. The lowest BCUT2D eigenvalue weighted by Gasteiger charge is -2.17. The molecular weight excluding hydrogens is 254 g/mol. The highest BCUT2D eigenvalue weighted by molar-refractivity contribution is 6.04. The van der Waals surface area contributed by atoms with Gasteiger partial charge in [-0.25, -0.2) is 0 Å². The van der Waals surface area contributed by atoms with Gasteiger partial charge in [-0.3, -0.25) is 9.59 Å². The number of nitrogens with zero attached hydrogens (tertiary/aromatic N) is 2. The molecule has 1 rings (SSSR count). The largest absolute Gasteiger partial charge is 0.356 e. The third-order valence-corrected chi connectivity index (χ3v) is 2.93. The quantitative estimate of drug-likeness (QED) is 0.600. The molecule has 0 aliphatic heterocycles. The van der Waals surface area contributed by atoms with E-state index in [1.807, 2.05) is 44.4 Å². The molecular formula is C15H23N3O2. The second kappa shape index (κ2) is 8.32. The zero-order valence-corrected chi connectivity index (χ0v) is 12.4. The lowest BCUT2D eigenvalue weighted by molar-refractivity contribution is -0.127. The first-order chi connectivity index (χ1) is 9.50. The summed E-state index contributed by atoms with van der Waals surface area (Å²) in [5.74, 6) is -0.433. The molecule has 0 aromatic heterocycles. The molecule has 0 fully saturated rings. The maximum Gasteiger partial charge on any atom is 0.236 e. The molecule has 5 heteroatoms. The summed E-state index contributed by atoms with van der Waals surface area (Å²) < 4.78 is 0. The Balaban J connectivity index is 2.33. The van der Waals surface area contributed by atoms with Crippen LogP contribution in [-0.2, 0) is 9.59 Å². The fraction of sp³-hybridized carbons (Fsp3) is 0.467. The number of rotatable bonds is 7. The van der Waals surface area contributed by atoms with Crippen molar-refractivity contribution in [3.05, 3.63) is 30.3 Å². The van der Waals surface area contributed by atoms with Gasteiger partial charge in [0.05, 0.1) is 0 Å². The SMILES string of the molecule is CN(C)CCCNC(=O)CC(=O)N(C)c1ccccc1. The number of hydrogen-bond donors (Lipinski definition) is 1. The zero-order chi connectivity index (χ0) is 15.0. The van der Waals surface area contributed by atoms with Gasteiger partial charge in [0.2, 0.25) is 11.8 Å². The van der Waals surface area contributed by atoms with E-state index in [4.69, 9.17) is 0 Å². The topological polar surface area (TPSA) is 52.7 Å². The fourth-order valence-corrected chi connectivity index (χ4v) is 1.74. The highest BCUT2D eigenvalue weighted by Gasteiger charge is 2.14. The second-order valence-corrected chi connectivity index (χ2v) is 4.97. The Morgan fingerprint density at radius 3 is 2.35 bits per heavy atom. The van der Waals surface area contributed by atoms with Crippen LogP contribution in [0.15, 0.2) is 30.3 Å². The van der Waals surface area contributed by atoms with Crippen LogP contribution in [0.5, 0.6) is 0 Å². The first-order valence-corrected chi connectivity index (χ1v) is 6.73. The van der Waals surface area contributed by atoms with Crippen LogP contribution in [0, 0.1) is 0 Å². The highest BCUT2D eigenvalue weighted by atomic mass is 16.2. The first-order valence-electron chi connectivity index (χ1n) is 6.73. The Kier molecular flexibility index (Phi) is 6.73. The number of hydrogen-bond acceptors (Lipinski definition) is 3. The molecule has 0 atom stereocenters. The number of benzene rings is 1. The van der Waals surface area contributed by atoms with Crippen LogP contribution in [0.2, 0.25) is 0 Å². The van der Waals surface area contributed by atoms with E-state index >= 15 is 0 Å². The van der Waals surface area contributed by atoms with Crippen molar-refractivity contribution in [2.75, 3.05) is 39.1 Å². The van der Waals surface area contributed by atoms with Crippen LogP contribution in [-0.4, -0.2) is 50.9 Å². The molecule has 0 aliphatic rings. The molecule has 0 saturated carbocycles. The Hall–Kier alpha value is -1.88. The normalized spacial score (nSPS) is 10.4. The summed E-state index contributed by atoms with van der Waals surface area (Å²) >= 11 is 0. The van der Waals surface area contributed by atoms with Crippen molar-refractivity contribution in [1.82, 2.24) is 10.2 Å². The van der Waals surface area contributed by atoms with Crippen molar-refractivity contribution < 1.29 is 9.59 Å². The summed E-state index contributed by atoms with van der Waals surface area (Å²) in [6, 6.07) is 9.29. The third kappa shape index (κ3) is 5.84. The number of anilines is 1. The predicted molar refractivity (Wildman–Crippen MR) is 80.6 cm³/mol. The van der Waals surface area contributed by atoms with Gasteiger partial charge >= 0.3 is 0 Å². The lowest BCUT2D eigenvalue weighted by atomic mass is 10.2. The summed E-state index contributed by atoms with van der Waals surface area (Å²) in [6.45, 7) is 1.51. The van der Waals surface area contributed by atoms with Crippen molar-refractivity contribution in [3.8, 4) is 0 Å². The summed E-state index contributed by atoms with van der Waals surface area (Å²) in [7, 11) is 5.65. The van der Waals surface area contributed by atoms with E-state index < -0.39 is 0 Å². The highest BCUT2D eigenvalue weighted by Crippen LogP contribution is 2.11. The van der Waals surface area contributed by atoms with Crippen molar-refractivity contribution in [1.29, 1.82) is 0 Å². The van der Waals surface area contributed by atoms with E-state index in [2.05, 4.69) is 10.2 Å². The van der Waals surface area contributed by atoms with Gasteiger partial charge in [-0.1, -0.05) is 18.2 Å². The van der Waals surface area contributed by atoms with Gasteiger partial charge in [0, 0.05) is 19.3 Å². The Labute approximate surface area is 120 Å². The monoisotopic (exact) mass is 277 g/mol. The van der Waals surface area contributed by atoms with E-state index in [0.29, 0.717) is 6.54 Å². The molecule has 110 valence electrons. The van der Waals surface area contributed by atoms with E-state index in [9.17, 15) is 9.59 Å². The van der Waals surface area contributed by atoms with Gasteiger partial charge < -0.3 is 15.1 Å². The number of para-hydroxylation sites is 1. The van der Waals surface area contributed by atoms with Gasteiger partial charge in [-0.2, -0.15) is 0 Å². The van der Waals surface area contributed by atoms with Crippen LogP contribution in [0.3, 0.4) is 0 Å². The van der Waals surface area contributed by atoms with Crippen molar-refractivity contribution >= 4 is 17.5 Å². The molecule has 1 aromatic carbocycles. The molecule has 0 aliphatic carbocycles. The Bertz CT molecular complexity index is 432. The average Bonchev–Trinajstić information content (AvgIpc) is 2.43. The standard InChI is InChI=1S/C15H23N3O2/c1-17(2)11-7-10-16-14(19)12-15(20)18(3)13-8-5-4-6-9-13/h4-6,8-9H,7,10-12H2,1-3H3,(H,16,19). The summed E-state index contributed by atoms with van der Waals surface area (Å²) in [6.07, 6.45) is 0.759. The predicted octanol–water partition coefficient (Wildman–Crippen LogP) is 1.11. The van der Waals surface area contributed by atoms with Crippen molar-refractivity contribution in [3.63, 3.8) is 0 Å². The lowest BCUT2D eigenvalue weighted by Crippen LogP contribution is -2.34. The number of amides is 2. The molecule has 2 amide bonds. The van der Waals surface area contributed by atoms with Crippen LogP contribution < -0.4 is 10.2 Å². The van der Waals surface area contributed by atoms with E-state index in [1.165, 1.54) is 4.90 Å². The second-order valence-electron chi connectivity index (χ2n) is 4.97. The molecule has 0 bridgehead atoms. The van der Waals surface area contributed by atoms with Crippen LogP contribution in [0.25, 0.3) is 0 Å². The molecule has 1 aromatic rings. The molecule has 1 N–H and O–H groups in total. The minimum Gasteiger partial charge on any atom is -0.356 e. The molecule has 0 heterocycles. The smallest absolute Gasteiger partial charge is 0.236 e. The maximum absolute atomic E-state index is 12.0. The summed E-state index contributed by atoms with van der Waals surface area (Å²) in [5.41, 5.74) is 0.790. The van der Waals surface area contributed by atoms with Gasteiger partial charge in [0.25, 0.3) is 0 Å². The molecule has 0 radical (unpaired) electrons. The molecule has 0 spiro atoms. The molecule has 20 heavy (non-hydrogen) atoms. The Morgan fingerprint density at radius 1 is 1.10 bits per heavy atom. The molecule has 5 nitrogen and oxygen atoms in total. The minimum absolute atomic E-state index is 0.118. The summed E-state index contributed by atoms with van der Waals surface area (Å²) in [4.78, 5) is 27.2. The van der Waals surface area contributed by atoms with Gasteiger partial charge in [0.15, 0.2) is 0 Å². The zero-order valence-electron chi connectivity index (χ0n) is 12.4. The number of nitrogens with one attached hydrogen (secondary N) is 1. The molecule has 0 saturated heterocycles. The minimum atomic E-state index is -0.225. The Morgan fingerprint density at radius 2 is 1.75 bits per heavy atom. The van der Waals surface area contributed by atoms with E-state index in [0.717, 1.165) is 18.7 Å². The molecule has 0 unspecified atom stereocenters. The van der Waals surface area contributed by atoms with Crippen molar-refractivity contribution in [2.24, 2.45) is 0 Å². The fourth-order valence-electron chi connectivity index (χ4n) is 1.74. The van der Waals surface area contributed by atoms with Gasteiger partial charge in [0.1, 0.15) is 6.42 Å². The van der Waals surface area contributed by atoms with Gasteiger partial charge in [-0.05, 0) is 39.2 Å².